The van der Waals surface area contributed by atoms with Crippen molar-refractivity contribution in [2.75, 3.05) is 10.0 Å². The molecule has 7 nitrogen and oxygen atoms in total. The monoisotopic (exact) mass is 463 g/mol. The van der Waals surface area contributed by atoms with E-state index in [1.54, 1.807) is 20.8 Å². The number of benzene rings is 2. The van der Waals surface area contributed by atoms with Crippen molar-refractivity contribution >= 4 is 44.6 Å². The largest absolute Gasteiger partial charge is 0.417 e. The Bertz CT molecular complexity index is 1080. The minimum atomic E-state index is -4.99. The molecule has 0 unspecified atom stereocenters. The van der Waals surface area contributed by atoms with Crippen molar-refractivity contribution in [3.8, 4) is 0 Å². The number of halogens is 4. The van der Waals surface area contributed by atoms with E-state index in [2.05, 4.69) is 15.2 Å². The van der Waals surface area contributed by atoms with Gasteiger partial charge in [-0.25, -0.2) is 8.42 Å². The average Bonchev–Trinajstić information content (AvgIpc) is 2.61. The minimum Gasteiger partial charge on any atom is -0.326 e. The molecule has 0 heterocycles. The van der Waals surface area contributed by atoms with Crippen molar-refractivity contribution in [2.24, 2.45) is 10.6 Å². The Morgan fingerprint density at radius 2 is 1.57 bits per heavy atom. The number of carbonyl (C=O) groups excluding carboxylic acids is 1. The van der Waals surface area contributed by atoms with Gasteiger partial charge in [-0.2, -0.15) is 13.2 Å². The van der Waals surface area contributed by atoms with Crippen LogP contribution >= 0.6 is 11.6 Å². The summed E-state index contributed by atoms with van der Waals surface area (Å²) < 4.78 is 66.5. The highest BCUT2D eigenvalue weighted by atomic mass is 35.5. The molecule has 2 rings (SSSR count). The van der Waals surface area contributed by atoms with E-state index in [0.717, 1.165) is 0 Å². The Labute approximate surface area is 175 Å². The van der Waals surface area contributed by atoms with Crippen molar-refractivity contribution in [3.05, 3.63) is 51.9 Å². The van der Waals surface area contributed by atoms with Gasteiger partial charge in [-0.1, -0.05) is 32.4 Å². The molecule has 0 saturated carbocycles. The zero-order valence-corrected chi connectivity index (χ0v) is 17.5. The molecule has 0 aromatic heterocycles. The third kappa shape index (κ3) is 5.48. The summed E-state index contributed by atoms with van der Waals surface area (Å²) in [6, 6.07) is 6.43. The van der Waals surface area contributed by atoms with Crippen molar-refractivity contribution in [1.82, 2.24) is 0 Å². The predicted molar refractivity (Wildman–Crippen MR) is 107 cm³/mol. The number of amides is 1. The molecular formula is C18H17ClF3N3O4S. The van der Waals surface area contributed by atoms with E-state index >= 15 is 0 Å². The second-order valence-electron chi connectivity index (χ2n) is 7.28. The van der Waals surface area contributed by atoms with Crippen molar-refractivity contribution in [2.45, 2.75) is 31.8 Å². The summed E-state index contributed by atoms with van der Waals surface area (Å²) in [5, 5.41) is 4.03. The van der Waals surface area contributed by atoms with Crippen LogP contribution < -0.4 is 10.0 Å². The molecule has 2 aromatic rings. The van der Waals surface area contributed by atoms with Crippen LogP contribution in [0.2, 0.25) is 5.02 Å². The number of rotatable bonds is 5. The molecule has 0 saturated heterocycles. The smallest absolute Gasteiger partial charge is 0.326 e. The van der Waals surface area contributed by atoms with Crippen molar-refractivity contribution in [3.63, 3.8) is 0 Å². The Kier molecular flexibility index (Phi) is 6.48. The maximum absolute atomic E-state index is 13.1. The van der Waals surface area contributed by atoms with E-state index in [-0.39, 0.29) is 11.6 Å². The van der Waals surface area contributed by atoms with E-state index in [0.29, 0.717) is 17.8 Å². The molecular weight excluding hydrogens is 447 g/mol. The van der Waals surface area contributed by atoms with Crippen LogP contribution in [0.5, 0.6) is 0 Å². The zero-order chi connectivity index (χ0) is 22.9. The van der Waals surface area contributed by atoms with Gasteiger partial charge in [-0.05, 0) is 41.6 Å². The topological polar surface area (TPSA) is 105 Å². The maximum Gasteiger partial charge on any atom is 0.417 e. The van der Waals surface area contributed by atoms with E-state index in [4.69, 9.17) is 11.6 Å². The van der Waals surface area contributed by atoms with Crippen LogP contribution in [0.3, 0.4) is 0 Å². The molecule has 0 radical (unpaired) electrons. The standard InChI is InChI=1S/C18H17ClF3N3O4S/c1-17(2,3)16(26)23-10-4-6-11(7-5-10)25-30(28,29)12-8-13(18(20,21)22)15(19)14(9-12)24-27/h4-9,25H,1-3H3,(H,23,26). The first-order valence-corrected chi connectivity index (χ1v) is 10.2. The number of nitrogens with one attached hydrogen (secondary N) is 2. The fourth-order valence-corrected chi connectivity index (χ4v) is 3.52. The zero-order valence-electron chi connectivity index (χ0n) is 16.0. The molecule has 1 amide bonds. The summed E-state index contributed by atoms with van der Waals surface area (Å²) in [4.78, 5) is 21.9. The number of alkyl halides is 3. The van der Waals surface area contributed by atoms with Crippen molar-refractivity contribution < 1.29 is 26.4 Å². The molecule has 0 aliphatic carbocycles. The third-order valence-corrected chi connectivity index (χ3v) is 5.58. The molecule has 2 N–H and O–H groups in total. The van der Waals surface area contributed by atoms with E-state index in [1.807, 2.05) is 0 Å². The van der Waals surface area contributed by atoms with E-state index < -0.39 is 42.8 Å². The van der Waals surface area contributed by atoms with E-state index in [9.17, 15) is 31.3 Å². The first-order chi connectivity index (χ1) is 13.6. The second kappa shape index (κ2) is 8.23. The summed E-state index contributed by atoms with van der Waals surface area (Å²) in [6.45, 7) is 5.15. The SMILES string of the molecule is CC(C)(C)C(=O)Nc1ccc(NS(=O)(=O)c2cc(N=O)c(Cl)c(C(F)(F)F)c2)cc1. The quantitative estimate of drug-likeness (QED) is 0.568. The number of carbonyl (C=O) groups is 1. The summed E-state index contributed by atoms with van der Waals surface area (Å²) >= 11 is 5.50. The Hall–Kier alpha value is -2.66. The highest BCUT2D eigenvalue weighted by Gasteiger charge is 2.36. The van der Waals surface area contributed by atoms with Crippen LogP contribution in [-0.2, 0) is 21.0 Å². The van der Waals surface area contributed by atoms with Crippen LogP contribution in [0.15, 0.2) is 46.5 Å². The average molecular weight is 464 g/mol. The molecule has 12 heteroatoms. The maximum atomic E-state index is 13.1. The van der Waals surface area contributed by atoms with Crippen LogP contribution in [0, 0.1) is 10.3 Å². The van der Waals surface area contributed by atoms with Crippen LogP contribution in [-0.4, -0.2) is 14.3 Å². The van der Waals surface area contributed by atoms with Gasteiger partial charge in [0.25, 0.3) is 10.0 Å². The lowest BCUT2D eigenvalue weighted by atomic mass is 9.95. The van der Waals surface area contributed by atoms with Gasteiger partial charge in [-0.3, -0.25) is 9.52 Å². The Morgan fingerprint density at radius 1 is 1.03 bits per heavy atom. The van der Waals surface area contributed by atoms with Gasteiger partial charge < -0.3 is 5.32 Å². The molecule has 162 valence electrons. The third-order valence-electron chi connectivity index (χ3n) is 3.82. The number of anilines is 2. The molecule has 0 fully saturated rings. The van der Waals surface area contributed by atoms with Gasteiger partial charge in [0, 0.05) is 16.8 Å². The van der Waals surface area contributed by atoms with Crippen LogP contribution in [0.4, 0.5) is 30.2 Å². The van der Waals surface area contributed by atoms with Crippen molar-refractivity contribution in [1.29, 1.82) is 0 Å². The molecule has 30 heavy (non-hydrogen) atoms. The highest BCUT2D eigenvalue weighted by Crippen LogP contribution is 2.41. The lowest BCUT2D eigenvalue weighted by Crippen LogP contribution is -2.27. The summed E-state index contributed by atoms with van der Waals surface area (Å²) in [6.07, 6.45) is -4.99. The lowest BCUT2D eigenvalue weighted by molar-refractivity contribution is -0.137. The molecule has 0 aliphatic rings. The molecule has 0 bridgehead atoms. The number of sulfonamides is 1. The van der Waals surface area contributed by atoms with Gasteiger partial charge in [0.2, 0.25) is 5.91 Å². The fraction of sp³-hybridized carbons (Fsp3) is 0.278. The molecule has 0 spiro atoms. The minimum absolute atomic E-state index is 0.0212. The fourth-order valence-electron chi connectivity index (χ4n) is 2.17. The van der Waals surface area contributed by atoms with Crippen LogP contribution in [0.25, 0.3) is 0 Å². The van der Waals surface area contributed by atoms with Crippen LogP contribution in [0.1, 0.15) is 26.3 Å². The Morgan fingerprint density at radius 3 is 2.03 bits per heavy atom. The van der Waals surface area contributed by atoms with Gasteiger partial charge in [0.1, 0.15) is 5.69 Å². The first-order valence-electron chi connectivity index (χ1n) is 8.33. The molecule has 2 aromatic carbocycles. The Balaban J connectivity index is 2.33. The summed E-state index contributed by atoms with van der Waals surface area (Å²) in [5.74, 6) is -0.259. The summed E-state index contributed by atoms with van der Waals surface area (Å²) in [7, 11) is -4.50. The normalized spacial score (nSPS) is 12.4. The van der Waals surface area contributed by atoms with Gasteiger partial charge >= 0.3 is 6.18 Å². The predicted octanol–water partition coefficient (Wildman–Crippen LogP) is 5.54. The first kappa shape index (κ1) is 23.6. The number of nitrogens with zero attached hydrogens (tertiary/aromatic N) is 1. The number of hydrogen-bond donors (Lipinski definition) is 2. The lowest BCUT2D eigenvalue weighted by Gasteiger charge is -2.18. The van der Waals surface area contributed by atoms with Gasteiger partial charge in [0.15, 0.2) is 0 Å². The number of nitroso groups, excluding NO2 is 1. The van der Waals surface area contributed by atoms with E-state index in [1.165, 1.54) is 24.3 Å². The highest BCUT2D eigenvalue weighted by molar-refractivity contribution is 7.92. The molecule has 0 aliphatic heterocycles. The molecule has 0 atom stereocenters. The van der Waals surface area contributed by atoms with Gasteiger partial charge in [0.05, 0.1) is 15.5 Å². The second-order valence-corrected chi connectivity index (χ2v) is 9.34. The number of hydrogen-bond acceptors (Lipinski definition) is 5. The summed E-state index contributed by atoms with van der Waals surface area (Å²) in [5.41, 5.74) is -2.58. The van der Waals surface area contributed by atoms with Gasteiger partial charge in [-0.15, -0.1) is 4.91 Å².